The minimum atomic E-state index is 0.626. The Balaban J connectivity index is 2.13. The summed E-state index contributed by atoms with van der Waals surface area (Å²) in [4.78, 5) is 4.78. The van der Waals surface area contributed by atoms with Crippen LogP contribution in [0.2, 0.25) is 0 Å². The van der Waals surface area contributed by atoms with Crippen LogP contribution >= 0.6 is 22.6 Å². The topological polar surface area (TPSA) is 38.9 Å². The van der Waals surface area contributed by atoms with Crippen molar-refractivity contribution in [1.82, 2.24) is 4.98 Å². The van der Waals surface area contributed by atoms with Gasteiger partial charge in [-0.1, -0.05) is 12.8 Å². The summed E-state index contributed by atoms with van der Waals surface area (Å²) in [6, 6.07) is 8.35. The normalized spacial score (nSPS) is 16.8. The highest BCUT2D eigenvalue weighted by atomic mass is 127. The largest absolute Gasteiger partial charge is 0.398 e. The van der Waals surface area contributed by atoms with E-state index in [0.717, 1.165) is 16.6 Å². The van der Waals surface area contributed by atoms with Gasteiger partial charge in [0.1, 0.15) is 0 Å². The maximum absolute atomic E-state index is 6.15. The molecule has 1 aromatic carbocycles. The van der Waals surface area contributed by atoms with Gasteiger partial charge in [-0.3, -0.25) is 4.98 Å². The molecule has 0 bridgehead atoms. The van der Waals surface area contributed by atoms with E-state index in [4.69, 9.17) is 10.7 Å². The van der Waals surface area contributed by atoms with Gasteiger partial charge in [-0.05, 0) is 59.7 Å². The number of anilines is 1. The smallest absolute Gasteiger partial charge is 0.0726 e. The second-order valence-corrected chi connectivity index (χ2v) is 6.02. The molecule has 1 fully saturated rings. The molecule has 2 N–H and O–H groups in total. The summed E-state index contributed by atoms with van der Waals surface area (Å²) in [6.45, 7) is 0. The number of hydrogen-bond donors (Lipinski definition) is 1. The van der Waals surface area contributed by atoms with Crippen LogP contribution in [0.3, 0.4) is 0 Å². The van der Waals surface area contributed by atoms with Crippen molar-refractivity contribution in [3.05, 3.63) is 33.5 Å². The van der Waals surface area contributed by atoms with Gasteiger partial charge in [0.15, 0.2) is 0 Å². The monoisotopic (exact) mass is 338 g/mol. The van der Waals surface area contributed by atoms with Crippen LogP contribution < -0.4 is 5.73 Å². The Hall–Kier alpha value is -0.840. The van der Waals surface area contributed by atoms with Crippen LogP contribution in [-0.2, 0) is 0 Å². The first-order valence-corrected chi connectivity index (χ1v) is 7.17. The van der Waals surface area contributed by atoms with Gasteiger partial charge in [0, 0.05) is 26.3 Å². The lowest BCUT2D eigenvalue weighted by Gasteiger charge is -2.11. The number of halogens is 1. The van der Waals surface area contributed by atoms with E-state index in [-0.39, 0.29) is 0 Å². The average molecular weight is 338 g/mol. The van der Waals surface area contributed by atoms with Gasteiger partial charge in [0.25, 0.3) is 0 Å². The molecule has 2 aromatic rings. The Morgan fingerprint density at radius 2 is 1.94 bits per heavy atom. The Morgan fingerprint density at radius 3 is 2.71 bits per heavy atom. The lowest BCUT2D eigenvalue weighted by atomic mass is 10.0. The van der Waals surface area contributed by atoms with Crippen LogP contribution in [0.5, 0.6) is 0 Å². The standard InChI is InChI=1S/C14H15IN2/c15-10-5-6-13-11(7-10)12(16)8-14(17-13)9-3-1-2-4-9/h5-9H,1-4H2,(H2,16,17). The predicted molar refractivity (Wildman–Crippen MR) is 80.1 cm³/mol. The van der Waals surface area contributed by atoms with Gasteiger partial charge in [-0.25, -0.2) is 0 Å². The number of benzene rings is 1. The van der Waals surface area contributed by atoms with Crippen LogP contribution in [0.1, 0.15) is 37.3 Å². The van der Waals surface area contributed by atoms with E-state index in [9.17, 15) is 0 Å². The first-order chi connectivity index (χ1) is 8.24. The number of nitrogens with two attached hydrogens (primary N) is 1. The summed E-state index contributed by atoms with van der Waals surface area (Å²) in [6.07, 6.45) is 5.19. The molecule has 0 atom stereocenters. The van der Waals surface area contributed by atoms with Crippen molar-refractivity contribution >= 4 is 39.2 Å². The van der Waals surface area contributed by atoms with Gasteiger partial charge >= 0.3 is 0 Å². The van der Waals surface area contributed by atoms with E-state index >= 15 is 0 Å². The molecule has 3 heteroatoms. The fraction of sp³-hybridized carbons (Fsp3) is 0.357. The average Bonchev–Trinajstić information content (AvgIpc) is 2.83. The van der Waals surface area contributed by atoms with Crippen molar-refractivity contribution < 1.29 is 0 Å². The fourth-order valence-electron chi connectivity index (χ4n) is 2.68. The van der Waals surface area contributed by atoms with E-state index in [0.29, 0.717) is 5.92 Å². The van der Waals surface area contributed by atoms with Crippen molar-refractivity contribution in [3.8, 4) is 0 Å². The molecule has 0 unspecified atom stereocenters. The van der Waals surface area contributed by atoms with Crippen LogP contribution in [0, 0.1) is 3.57 Å². The minimum absolute atomic E-state index is 0.626. The van der Waals surface area contributed by atoms with Crippen molar-refractivity contribution in [2.75, 3.05) is 5.73 Å². The molecule has 1 aliphatic rings. The molecular formula is C14H15IN2. The molecule has 1 saturated carbocycles. The molecule has 88 valence electrons. The fourth-order valence-corrected chi connectivity index (χ4v) is 3.17. The highest BCUT2D eigenvalue weighted by Gasteiger charge is 2.19. The Labute approximate surface area is 115 Å². The third-order valence-electron chi connectivity index (χ3n) is 3.60. The summed E-state index contributed by atoms with van der Waals surface area (Å²) in [5.74, 6) is 0.626. The van der Waals surface area contributed by atoms with Crippen molar-refractivity contribution in [3.63, 3.8) is 0 Å². The highest BCUT2D eigenvalue weighted by molar-refractivity contribution is 14.1. The third kappa shape index (κ3) is 2.12. The third-order valence-corrected chi connectivity index (χ3v) is 4.27. The number of nitrogens with zero attached hydrogens (tertiary/aromatic N) is 1. The number of fused-ring (bicyclic) bond motifs is 1. The SMILES string of the molecule is Nc1cc(C2CCCC2)nc2ccc(I)cc12. The summed E-state index contributed by atoms with van der Waals surface area (Å²) >= 11 is 2.31. The Morgan fingerprint density at radius 1 is 1.18 bits per heavy atom. The number of aromatic nitrogens is 1. The number of hydrogen-bond acceptors (Lipinski definition) is 2. The van der Waals surface area contributed by atoms with E-state index < -0.39 is 0 Å². The lowest BCUT2D eigenvalue weighted by molar-refractivity contribution is 0.701. The summed E-state index contributed by atoms with van der Waals surface area (Å²) < 4.78 is 1.21. The van der Waals surface area contributed by atoms with Gasteiger partial charge in [-0.15, -0.1) is 0 Å². The van der Waals surface area contributed by atoms with E-state index in [1.165, 1.54) is 34.9 Å². The van der Waals surface area contributed by atoms with Gasteiger partial charge in [-0.2, -0.15) is 0 Å². The molecule has 0 amide bonds. The van der Waals surface area contributed by atoms with E-state index in [1.54, 1.807) is 0 Å². The first-order valence-electron chi connectivity index (χ1n) is 6.10. The number of nitrogen functional groups attached to an aromatic ring is 1. The van der Waals surface area contributed by atoms with Crippen LogP contribution in [-0.4, -0.2) is 4.98 Å². The zero-order valence-electron chi connectivity index (χ0n) is 9.62. The Kier molecular flexibility index (Phi) is 2.94. The summed E-state index contributed by atoms with van der Waals surface area (Å²) in [5.41, 5.74) is 9.24. The molecule has 1 aliphatic carbocycles. The van der Waals surface area contributed by atoms with E-state index in [2.05, 4.69) is 46.9 Å². The van der Waals surface area contributed by atoms with E-state index in [1.807, 2.05) is 0 Å². The number of rotatable bonds is 1. The molecule has 2 nitrogen and oxygen atoms in total. The summed E-state index contributed by atoms with van der Waals surface area (Å²) in [7, 11) is 0. The van der Waals surface area contributed by atoms with Crippen LogP contribution in [0.4, 0.5) is 5.69 Å². The molecule has 0 saturated heterocycles. The second-order valence-electron chi connectivity index (χ2n) is 4.78. The molecule has 17 heavy (non-hydrogen) atoms. The number of pyridine rings is 1. The van der Waals surface area contributed by atoms with Gasteiger partial charge in [0.05, 0.1) is 5.52 Å². The zero-order chi connectivity index (χ0) is 11.8. The zero-order valence-corrected chi connectivity index (χ0v) is 11.8. The highest BCUT2D eigenvalue weighted by Crippen LogP contribution is 2.35. The molecule has 3 rings (SSSR count). The van der Waals surface area contributed by atoms with Gasteiger partial charge < -0.3 is 5.73 Å². The molecule has 1 aromatic heterocycles. The maximum Gasteiger partial charge on any atom is 0.0726 e. The quantitative estimate of drug-likeness (QED) is 0.796. The predicted octanol–water partition coefficient (Wildman–Crippen LogP) is 4.08. The maximum atomic E-state index is 6.15. The second kappa shape index (κ2) is 4.44. The lowest BCUT2D eigenvalue weighted by Crippen LogP contribution is -2.00. The molecular weight excluding hydrogens is 323 g/mol. The van der Waals surface area contributed by atoms with Crippen LogP contribution in [0.15, 0.2) is 24.3 Å². The van der Waals surface area contributed by atoms with Crippen molar-refractivity contribution in [2.45, 2.75) is 31.6 Å². The van der Waals surface area contributed by atoms with Crippen LogP contribution in [0.25, 0.3) is 10.9 Å². The minimum Gasteiger partial charge on any atom is -0.398 e. The molecule has 1 heterocycles. The first kappa shape index (κ1) is 11.3. The van der Waals surface area contributed by atoms with Crippen molar-refractivity contribution in [2.24, 2.45) is 0 Å². The molecule has 0 spiro atoms. The molecule has 0 radical (unpaired) electrons. The van der Waals surface area contributed by atoms with Gasteiger partial charge in [0.2, 0.25) is 0 Å². The Bertz CT molecular complexity index is 559. The molecule has 0 aliphatic heterocycles. The van der Waals surface area contributed by atoms with Crippen molar-refractivity contribution in [1.29, 1.82) is 0 Å². The summed E-state index contributed by atoms with van der Waals surface area (Å²) in [5, 5.41) is 1.08.